The first-order valence-corrected chi connectivity index (χ1v) is 1.89. The molecule has 0 radical (unpaired) electrons. The molecule has 6 heavy (non-hydrogen) atoms. The van der Waals surface area contributed by atoms with Crippen LogP contribution in [-0.4, -0.2) is 12.4 Å². The summed E-state index contributed by atoms with van der Waals surface area (Å²) in [5, 5.41) is 2.51. The maximum absolute atomic E-state index is 5.22. The molecule has 1 aliphatic heterocycles. The average molecular weight is 87.1 g/mol. The fraction of sp³-hybridized carbons (Fsp3) is 0.667. The number of hydrogen-bond acceptors (Lipinski definition) is 2. The van der Waals surface area contributed by atoms with Crippen LogP contribution in [-0.2, 0) is 4.84 Å². The van der Waals surface area contributed by atoms with E-state index in [0.717, 1.165) is 12.3 Å². The largest absolute Gasteiger partial charge is 0.343 e. The topological polar surface area (TPSA) is 49.2 Å². The zero-order chi connectivity index (χ0) is 4.41. The first-order chi connectivity index (χ1) is 2.89. The quantitative estimate of drug-likeness (QED) is 0.351. The van der Waals surface area contributed by atoms with E-state index >= 15 is 0 Å². The summed E-state index contributed by atoms with van der Waals surface area (Å²) >= 11 is 0. The van der Waals surface area contributed by atoms with Gasteiger partial charge in [-0.05, 0) is 0 Å². The van der Waals surface area contributed by atoms with Crippen LogP contribution in [0.3, 0.4) is 0 Å². The van der Waals surface area contributed by atoms with E-state index in [9.17, 15) is 0 Å². The molecule has 1 aliphatic rings. The van der Waals surface area contributed by atoms with Crippen molar-refractivity contribution in [3.8, 4) is 0 Å². The maximum Gasteiger partial charge on any atom is 0.282 e. The molecule has 3 nitrogen and oxygen atoms in total. The van der Waals surface area contributed by atoms with Crippen molar-refractivity contribution in [3.63, 3.8) is 0 Å². The van der Waals surface area contributed by atoms with Crippen LogP contribution in [0.1, 0.15) is 6.42 Å². The molecule has 0 spiro atoms. The summed E-state index contributed by atoms with van der Waals surface area (Å²) in [6.45, 7) is 0.714. The summed E-state index contributed by atoms with van der Waals surface area (Å²) < 4.78 is 0. The second-order valence-electron chi connectivity index (χ2n) is 1.23. The van der Waals surface area contributed by atoms with E-state index in [2.05, 4.69) is 9.99 Å². The zero-order valence-corrected chi connectivity index (χ0v) is 3.40. The minimum Gasteiger partial charge on any atom is -0.343 e. The summed E-state index contributed by atoms with van der Waals surface area (Å²) in [7, 11) is 0. The number of nitrogens with one attached hydrogen (secondary N) is 1. The number of hydrogen-bond donors (Lipinski definition) is 2. The van der Waals surface area contributed by atoms with Gasteiger partial charge in [0.2, 0.25) is 0 Å². The van der Waals surface area contributed by atoms with E-state index in [0.29, 0.717) is 6.61 Å². The van der Waals surface area contributed by atoms with E-state index in [-0.39, 0.29) is 0 Å². The van der Waals surface area contributed by atoms with Gasteiger partial charge in [0.05, 0.1) is 6.42 Å². The van der Waals surface area contributed by atoms with Crippen molar-refractivity contribution < 1.29 is 9.99 Å². The minimum absolute atomic E-state index is 0.714. The van der Waals surface area contributed by atoms with Crippen LogP contribution in [0.4, 0.5) is 0 Å². The Morgan fingerprint density at radius 2 is 2.67 bits per heavy atom. The predicted molar refractivity (Wildman–Crippen MR) is 20.7 cm³/mol. The molecule has 3 N–H and O–H groups in total. The number of nitrogens with two attached hydrogens (primary N) is 1. The second-order valence-corrected chi connectivity index (χ2v) is 1.23. The third-order valence-electron chi connectivity index (χ3n) is 0.677. The van der Waals surface area contributed by atoms with Crippen molar-refractivity contribution >= 4 is 5.84 Å². The van der Waals surface area contributed by atoms with E-state index in [1.54, 1.807) is 0 Å². The molecule has 0 unspecified atom stereocenters. The highest BCUT2D eigenvalue weighted by Crippen LogP contribution is 1.74. The van der Waals surface area contributed by atoms with Gasteiger partial charge in [-0.3, -0.25) is 5.73 Å². The Balaban J connectivity index is 2.45. The van der Waals surface area contributed by atoms with Crippen LogP contribution < -0.4 is 10.9 Å². The van der Waals surface area contributed by atoms with Crippen molar-refractivity contribution in [1.29, 1.82) is 0 Å². The van der Waals surface area contributed by atoms with Crippen LogP contribution in [0, 0.1) is 0 Å². The predicted octanol–water partition coefficient (Wildman–Crippen LogP) is -2.24. The Morgan fingerprint density at radius 3 is 2.83 bits per heavy atom. The van der Waals surface area contributed by atoms with E-state index in [4.69, 9.17) is 5.73 Å². The molecule has 0 aromatic heterocycles. The average Bonchev–Trinajstić information content (AvgIpc) is 1.86. The highest BCUT2D eigenvalue weighted by atomic mass is 16.6. The van der Waals surface area contributed by atoms with E-state index in [1.807, 2.05) is 0 Å². The Morgan fingerprint density at radius 1 is 1.83 bits per heavy atom. The van der Waals surface area contributed by atoms with Gasteiger partial charge in [-0.25, -0.2) is 0 Å². The SMILES string of the molecule is NC1=[NH+]OCC1. The molecular weight excluding hydrogens is 80.0 g/mol. The smallest absolute Gasteiger partial charge is 0.282 e. The molecular formula is C3H7N2O+. The lowest BCUT2D eigenvalue weighted by atomic mass is 10.4. The van der Waals surface area contributed by atoms with Gasteiger partial charge in [-0.2, -0.15) is 0 Å². The molecule has 3 heteroatoms. The van der Waals surface area contributed by atoms with E-state index < -0.39 is 0 Å². The third kappa shape index (κ3) is 0.429. The Hall–Kier alpha value is -0.730. The van der Waals surface area contributed by atoms with Gasteiger partial charge in [0, 0.05) is 0 Å². The van der Waals surface area contributed by atoms with Crippen LogP contribution in [0.2, 0.25) is 0 Å². The normalized spacial score (nSPS) is 19.7. The molecule has 0 amide bonds. The van der Waals surface area contributed by atoms with Crippen LogP contribution in [0.5, 0.6) is 0 Å². The zero-order valence-electron chi connectivity index (χ0n) is 3.40. The molecule has 0 saturated heterocycles. The lowest BCUT2D eigenvalue weighted by Crippen LogP contribution is -2.70. The molecule has 0 aromatic carbocycles. The summed E-state index contributed by atoms with van der Waals surface area (Å²) in [5.41, 5.74) is 5.22. The standard InChI is InChI=1S/C3H6N2O/c4-3-1-2-6-5-3/h1-2H2,(H2,4,5)/p+1. The maximum atomic E-state index is 5.22. The van der Waals surface area contributed by atoms with Crippen LogP contribution in [0.25, 0.3) is 0 Å². The highest BCUT2D eigenvalue weighted by Gasteiger charge is 2.05. The van der Waals surface area contributed by atoms with Gasteiger partial charge < -0.3 is 4.84 Å². The summed E-state index contributed by atoms with van der Waals surface area (Å²) in [6, 6.07) is 0. The van der Waals surface area contributed by atoms with Gasteiger partial charge in [-0.15, -0.1) is 0 Å². The highest BCUT2D eigenvalue weighted by molar-refractivity contribution is 5.74. The first-order valence-electron chi connectivity index (χ1n) is 1.89. The van der Waals surface area contributed by atoms with Crippen molar-refractivity contribution in [3.05, 3.63) is 0 Å². The lowest BCUT2D eigenvalue weighted by molar-refractivity contribution is -0.742. The van der Waals surface area contributed by atoms with Gasteiger partial charge in [0.1, 0.15) is 6.61 Å². The lowest BCUT2D eigenvalue weighted by Gasteiger charge is -1.72. The molecule has 34 valence electrons. The molecule has 1 rings (SSSR count). The Bertz CT molecular complexity index is 78.9. The molecule has 0 saturated carbocycles. The van der Waals surface area contributed by atoms with Crippen molar-refractivity contribution in [1.82, 2.24) is 0 Å². The third-order valence-corrected chi connectivity index (χ3v) is 0.677. The Labute approximate surface area is 35.8 Å². The van der Waals surface area contributed by atoms with E-state index in [1.165, 1.54) is 0 Å². The second kappa shape index (κ2) is 1.16. The van der Waals surface area contributed by atoms with Gasteiger partial charge >= 0.3 is 0 Å². The van der Waals surface area contributed by atoms with Crippen molar-refractivity contribution in [2.24, 2.45) is 5.73 Å². The summed E-state index contributed by atoms with van der Waals surface area (Å²) in [4.78, 5) is 4.64. The molecule has 1 heterocycles. The Kier molecular flexibility index (Phi) is 0.670. The monoisotopic (exact) mass is 87.1 g/mol. The van der Waals surface area contributed by atoms with Gasteiger partial charge in [0.15, 0.2) is 0 Å². The fourth-order valence-electron chi connectivity index (χ4n) is 0.356. The summed E-state index contributed by atoms with van der Waals surface area (Å²) in [5.74, 6) is 0.731. The molecule has 0 bridgehead atoms. The molecule has 0 aromatic rings. The number of amidine groups is 1. The number of rotatable bonds is 0. The first kappa shape index (κ1) is 3.46. The van der Waals surface area contributed by atoms with Crippen LogP contribution in [0.15, 0.2) is 0 Å². The van der Waals surface area contributed by atoms with Gasteiger partial charge in [-0.1, -0.05) is 5.16 Å². The fourth-order valence-corrected chi connectivity index (χ4v) is 0.356. The molecule has 0 aliphatic carbocycles. The van der Waals surface area contributed by atoms with Crippen LogP contribution >= 0.6 is 0 Å². The van der Waals surface area contributed by atoms with Gasteiger partial charge in [0.25, 0.3) is 5.84 Å². The summed E-state index contributed by atoms with van der Waals surface area (Å²) in [6.07, 6.45) is 0.847. The molecule has 0 fully saturated rings. The van der Waals surface area contributed by atoms with Crippen molar-refractivity contribution in [2.45, 2.75) is 6.42 Å². The minimum atomic E-state index is 0.714. The van der Waals surface area contributed by atoms with Crippen molar-refractivity contribution in [2.75, 3.05) is 6.61 Å². The molecule has 0 atom stereocenters.